The van der Waals surface area contributed by atoms with Crippen molar-refractivity contribution in [3.63, 3.8) is 0 Å². The highest BCUT2D eigenvalue weighted by atomic mass is 35.5. The number of nitrogens with one attached hydrogen (secondary N) is 1. The summed E-state index contributed by atoms with van der Waals surface area (Å²) in [5.41, 5.74) is 5.80. The Kier molecular flexibility index (Phi) is 4.30. The van der Waals surface area contributed by atoms with Gasteiger partial charge in [-0.3, -0.25) is 14.6 Å². The maximum absolute atomic E-state index is 12.6. The summed E-state index contributed by atoms with van der Waals surface area (Å²) in [4.78, 5) is 14.3. The number of hydrogen-bond donors (Lipinski definition) is 2. The summed E-state index contributed by atoms with van der Waals surface area (Å²) in [6, 6.07) is 1.85. The van der Waals surface area contributed by atoms with E-state index in [0.29, 0.717) is 26.2 Å². The van der Waals surface area contributed by atoms with E-state index in [4.69, 9.17) is 22.1 Å². The van der Waals surface area contributed by atoms with Crippen molar-refractivity contribution < 1.29 is 9.53 Å². The van der Waals surface area contributed by atoms with Gasteiger partial charge in [-0.05, 0) is 12.5 Å². The quantitative estimate of drug-likeness (QED) is 0.868. The molecule has 1 fully saturated rings. The molecular weight excluding hydrogens is 308 g/mol. The standard InChI is InChI=1S/C13H17ClN6O2/c14-10-11(17-18-12(10)15)13(21)19-4-2-6-22-9(7-19)8-20-5-1-3-16-20/h1,3,5,9H,2,4,6-8H2,(H3,15,17,18)/t9-/m1/s1. The molecule has 3 heterocycles. The number of halogens is 1. The number of carbonyl (C=O) groups is 1. The summed E-state index contributed by atoms with van der Waals surface area (Å²) >= 11 is 6.00. The normalized spacial score (nSPS) is 19.1. The van der Waals surface area contributed by atoms with E-state index in [9.17, 15) is 4.79 Å². The van der Waals surface area contributed by atoms with E-state index in [0.717, 1.165) is 6.42 Å². The summed E-state index contributed by atoms with van der Waals surface area (Å²) < 4.78 is 7.58. The summed E-state index contributed by atoms with van der Waals surface area (Å²) in [5.74, 6) is -0.0886. The van der Waals surface area contributed by atoms with E-state index in [2.05, 4.69) is 15.3 Å². The van der Waals surface area contributed by atoms with Gasteiger partial charge in [0.25, 0.3) is 5.91 Å². The molecule has 2 aromatic rings. The maximum atomic E-state index is 12.6. The zero-order chi connectivity index (χ0) is 15.5. The third-order valence-corrected chi connectivity index (χ3v) is 3.92. The lowest BCUT2D eigenvalue weighted by Gasteiger charge is -2.23. The Balaban J connectivity index is 1.72. The Labute approximate surface area is 132 Å². The minimum atomic E-state index is -0.217. The molecule has 0 aromatic carbocycles. The number of nitrogens with two attached hydrogens (primary N) is 1. The van der Waals surface area contributed by atoms with Crippen LogP contribution in [0.2, 0.25) is 5.02 Å². The Morgan fingerprint density at radius 3 is 3.14 bits per heavy atom. The minimum Gasteiger partial charge on any atom is -0.381 e. The van der Waals surface area contributed by atoms with Gasteiger partial charge in [-0.15, -0.1) is 0 Å². The third-order valence-electron chi connectivity index (χ3n) is 3.53. The molecule has 0 radical (unpaired) electrons. The molecule has 1 amide bonds. The Morgan fingerprint density at radius 1 is 1.59 bits per heavy atom. The summed E-state index contributed by atoms with van der Waals surface area (Å²) in [6.07, 6.45) is 4.23. The molecule has 0 bridgehead atoms. The van der Waals surface area contributed by atoms with E-state index in [1.807, 2.05) is 12.3 Å². The van der Waals surface area contributed by atoms with Crippen molar-refractivity contribution in [2.45, 2.75) is 19.1 Å². The first-order chi connectivity index (χ1) is 10.6. The van der Waals surface area contributed by atoms with Gasteiger partial charge < -0.3 is 15.4 Å². The number of carbonyl (C=O) groups excluding carboxylic acids is 1. The number of aromatic nitrogens is 4. The van der Waals surface area contributed by atoms with E-state index in [-0.39, 0.29) is 28.5 Å². The molecule has 1 aliphatic rings. The van der Waals surface area contributed by atoms with Crippen LogP contribution in [0, 0.1) is 0 Å². The second-order valence-corrected chi connectivity index (χ2v) is 5.50. The van der Waals surface area contributed by atoms with Crippen LogP contribution in [0.1, 0.15) is 16.9 Å². The zero-order valence-corrected chi connectivity index (χ0v) is 12.7. The number of nitrogen functional groups attached to an aromatic ring is 1. The van der Waals surface area contributed by atoms with Crippen molar-refractivity contribution in [2.24, 2.45) is 0 Å². The van der Waals surface area contributed by atoms with Crippen LogP contribution in [0.5, 0.6) is 0 Å². The highest BCUT2D eigenvalue weighted by Gasteiger charge is 2.27. The van der Waals surface area contributed by atoms with Crippen LogP contribution < -0.4 is 5.73 Å². The average Bonchev–Trinajstić information content (AvgIpc) is 3.05. The average molecular weight is 325 g/mol. The maximum Gasteiger partial charge on any atom is 0.273 e. The SMILES string of the molecule is Nc1n[nH]c(C(=O)N2CCCO[C@@H](Cn3cccn3)C2)c1Cl. The summed E-state index contributed by atoms with van der Waals surface area (Å²) in [5, 5.41) is 10.7. The molecule has 0 aliphatic carbocycles. The molecule has 0 spiro atoms. The number of ether oxygens (including phenoxy) is 1. The Bertz CT molecular complexity index is 641. The van der Waals surface area contributed by atoms with Gasteiger partial charge in [0.1, 0.15) is 10.7 Å². The first kappa shape index (κ1) is 14.9. The van der Waals surface area contributed by atoms with Crippen molar-refractivity contribution in [2.75, 3.05) is 25.4 Å². The zero-order valence-electron chi connectivity index (χ0n) is 11.9. The van der Waals surface area contributed by atoms with Gasteiger partial charge in [0.15, 0.2) is 5.82 Å². The number of nitrogens with zero attached hydrogens (tertiary/aromatic N) is 4. The van der Waals surface area contributed by atoms with Crippen molar-refractivity contribution in [3.05, 3.63) is 29.2 Å². The van der Waals surface area contributed by atoms with Crippen molar-refractivity contribution in [3.8, 4) is 0 Å². The molecule has 2 aromatic heterocycles. The molecule has 3 rings (SSSR count). The van der Waals surface area contributed by atoms with Crippen LogP contribution in [0.15, 0.2) is 18.5 Å². The fraction of sp³-hybridized carbons (Fsp3) is 0.462. The number of amides is 1. The van der Waals surface area contributed by atoms with Gasteiger partial charge in [0.05, 0.1) is 12.6 Å². The fourth-order valence-corrected chi connectivity index (χ4v) is 2.61. The predicted molar refractivity (Wildman–Crippen MR) is 80.5 cm³/mol. The van der Waals surface area contributed by atoms with Crippen molar-refractivity contribution in [1.82, 2.24) is 24.9 Å². The molecule has 1 saturated heterocycles. The molecule has 118 valence electrons. The fourth-order valence-electron chi connectivity index (χ4n) is 2.45. The lowest BCUT2D eigenvalue weighted by molar-refractivity contribution is 0.0365. The minimum absolute atomic E-state index is 0.120. The Morgan fingerprint density at radius 2 is 2.45 bits per heavy atom. The van der Waals surface area contributed by atoms with Crippen LogP contribution in [0.4, 0.5) is 5.82 Å². The lowest BCUT2D eigenvalue weighted by Crippen LogP contribution is -2.38. The van der Waals surface area contributed by atoms with E-state index < -0.39 is 0 Å². The monoisotopic (exact) mass is 324 g/mol. The van der Waals surface area contributed by atoms with Gasteiger partial charge in [-0.2, -0.15) is 10.2 Å². The molecule has 1 aliphatic heterocycles. The lowest BCUT2D eigenvalue weighted by atomic mass is 10.2. The Hall–Kier alpha value is -2.06. The summed E-state index contributed by atoms with van der Waals surface area (Å²) in [7, 11) is 0. The van der Waals surface area contributed by atoms with Gasteiger partial charge in [0, 0.05) is 32.1 Å². The largest absolute Gasteiger partial charge is 0.381 e. The number of anilines is 1. The van der Waals surface area contributed by atoms with Crippen LogP contribution >= 0.6 is 11.6 Å². The summed E-state index contributed by atoms with van der Waals surface area (Å²) in [6.45, 7) is 2.27. The number of aromatic amines is 1. The van der Waals surface area contributed by atoms with Crippen LogP contribution in [-0.2, 0) is 11.3 Å². The molecule has 1 atom stereocenters. The molecule has 0 saturated carbocycles. The first-order valence-corrected chi connectivity index (χ1v) is 7.40. The highest BCUT2D eigenvalue weighted by molar-refractivity contribution is 6.35. The number of H-pyrrole nitrogens is 1. The van der Waals surface area contributed by atoms with E-state index in [1.165, 1.54) is 0 Å². The molecule has 8 nitrogen and oxygen atoms in total. The predicted octanol–water partition coefficient (Wildman–Crippen LogP) is 0.773. The molecule has 3 N–H and O–H groups in total. The number of rotatable bonds is 3. The third kappa shape index (κ3) is 3.07. The van der Waals surface area contributed by atoms with Gasteiger partial charge in [-0.25, -0.2) is 0 Å². The van der Waals surface area contributed by atoms with Gasteiger partial charge in [0.2, 0.25) is 0 Å². The topological polar surface area (TPSA) is 102 Å². The molecular formula is C13H17ClN6O2. The first-order valence-electron chi connectivity index (χ1n) is 7.03. The second-order valence-electron chi connectivity index (χ2n) is 5.12. The van der Waals surface area contributed by atoms with Crippen LogP contribution in [-0.4, -0.2) is 56.6 Å². The highest BCUT2D eigenvalue weighted by Crippen LogP contribution is 2.22. The molecule has 0 unspecified atom stereocenters. The van der Waals surface area contributed by atoms with E-state index in [1.54, 1.807) is 15.8 Å². The second kappa shape index (κ2) is 6.37. The smallest absolute Gasteiger partial charge is 0.273 e. The van der Waals surface area contributed by atoms with Crippen molar-refractivity contribution in [1.29, 1.82) is 0 Å². The van der Waals surface area contributed by atoms with Crippen LogP contribution in [0.3, 0.4) is 0 Å². The number of hydrogen-bond acceptors (Lipinski definition) is 5. The molecule has 9 heteroatoms. The van der Waals surface area contributed by atoms with Crippen molar-refractivity contribution >= 4 is 23.3 Å². The molecule has 22 heavy (non-hydrogen) atoms. The van der Waals surface area contributed by atoms with Gasteiger partial charge in [-0.1, -0.05) is 11.6 Å². The van der Waals surface area contributed by atoms with E-state index >= 15 is 0 Å². The van der Waals surface area contributed by atoms with Crippen LogP contribution in [0.25, 0.3) is 0 Å². The van der Waals surface area contributed by atoms with Gasteiger partial charge >= 0.3 is 0 Å².